The molecule has 0 amide bonds. The van der Waals surface area contributed by atoms with Gasteiger partial charge in [0.05, 0.1) is 0 Å². The predicted octanol–water partition coefficient (Wildman–Crippen LogP) is -2.66. The van der Waals surface area contributed by atoms with Crippen molar-refractivity contribution in [3.8, 4) is 0 Å². The first-order valence-corrected chi connectivity index (χ1v) is 3.79. The summed E-state index contributed by atoms with van der Waals surface area (Å²) in [5, 5.41) is 0. The summed E-state index contributed by atoms with van der Waals surface area (Å²) in [5.41, 5.74) is 4.19. The van der Waals surface area contributed by atoms with Crippen molar-refractivity contribution < 1.29 is 0 Å². The molecule has 0 nitrogen and oxygen atoms in total. The molecule has 0 aliphatic carbocycles. The molecule has 0 N–H and O–H groups in total. The normalized spacial score (nSPS) is 9.60. The van der Waals surface area contributed by atoms with Crippen LogP contribution in [-0.4, -0.2) is 23.5 Å². The SMILES string of the molecule is BCc1cc(B)cc(B)c1. The van der Waals surface area contributed by atoms with E-state index in [0.717, 1.165) is 6.32 Å². The Morgan fingerprint density at radius 2 is 1.50 bits per heavy atom. The molecule has 0 heterocycles. The summed E-state index contributed by atoms with van der Waals surface area (Å²) in [4.78, 5) is 0. The molecule has 48 valence electrons. The van der Waals surface area contributed by atoms with Crippen molar-refractivity contribution in [1.29, 1.82) is 0 Å². The molecule has 1 rings (SSSR count). The van der Waals surface area contributed by atoms with Crippen molar-refractivity contribution in [3.63, 3.8) is 0 Å². The van der Waals surface area contributed by atoms with E-state index < -0.39 is 0 Å². The number of hydrogen-bond donors (Lipinski definition) is 0. The topological polar surface area (TPSA) is 0 Å². The molecule has 0 aromatic heterocycles. The van der Waals surface area contributed by atoms with Crippen LogP contribution in [0, 0.1) is 0 Å². The molecule has 0 saturated carbocycles. The van der Waals surface area contributed by atoms with Crippen molar-refractivity contribution in [2.45, 2.75) is 6.32 Å². The Balaban J connectivity index is 3.06. The van der Waals surface area contributed by atoms with Gasteiger partial charge in [0, 0.05) is 0 Å². The molecule has 1 aromatic carbocycles. The van der Waals surface area contributed by atoms with Gasteiger partial charge in [-0.15, -0.1) is 0 Å². The first kappa shape index (κ1) is 7.52. The summed E-state index contributed by atoms with van der Waals surface area (Å²) >= 11 is 0. The lowest BCUT2D eigenvalue weighted by molar-refractivity contribution is 1.43. The largest absolute Gasteiger partial charge is 0.139 e. The van der Waals surface area contributed by atoms with Gasteiger partial charge in [-0.1, -0.05) is 41.0 Å². The van der Waals surface area contributed by atoms with Crippen molar-refractivity contribution in [1.82, 2.24) is 0 Å². The second-order valence-corrected chi connectivity index (χ2v) is 2.85. The van der Waals surface area contributed by atoms with Crippen molar-refractivity contribution in [3.05, 3.63) is 23.8 Å². The Kier molecular flexibility index (Phi) is 2.26. The van der Waals surface area contributed by atoms with E-state index in [9.17, 15) is 0 Å². The van der Waals surface area contributed by atoms with E-state index >= 15 is 0 Å². The van der Waals surface area contributed by atoms with Gasteiger partial charge in [0.2, 0.25) is 0 Å². The minimum atomic E-state index is 1.14. The molecule has 0 fully saturated rings. The second-order valence-electron chi connectivity index (χ2n) is 2.85. The lowest BCUT2D eigenvalue weighted by atomic mass is 9.83. The zero-order chi connectivity index (χ0) is 7.56. The zero-order valence-electron chi connectivity index (χ0n) is 6.94. The maximum atomic E-state index is 2.24. The van der Waals surface area contributed by atoms with Crippen LogP contribution < -0.4 is 10.9 Å². The van der Waals surface area contributed by atoms with Gasteiger partial charge in [0.15, 0.2) is 0 Å². The van der Waals surface area contributed by atoms with E-state index in [2.05, 4.69) is 41.7 Å². The van der Waals surface area contributed by atoms with Gasteiger partial charge in [-0.2, -0.15) is 0 Å². The van der Waals surface area contributed by atoms with Crippen LogP contribution in [0.1, 0.15) is 5.56 Å². The summed E-state index contributed by atoms with van der Waals surface area (Å²) < 4.78 is 0. The van der Waals surface area contributed by atoms with Gasteiger partial charge in [-0.3, -0.25) is 0 Å². The molecule has 0 aliphatic heterocycles. The number of benzene rings is 1. The summed E-state index contributed by atoms with van der Waals surface area (Å²) in [6.07, 6.45) is 1.14. The fraction of sp³-hybridized carbons (Fsp3) is 0.143. The molecular formula is C7H11B3. The predicted molar refractivity (Wildman–Crippen MR) is 55.0 cm³/mol. The van der Waals surface area contributed by atoms with E-state index in [1.165, 1.54) is 16.5 Å². The average Bonchev–Trinajstić information content (AvgIpc) is 1.85. The minimum Gasteiger partial charge on any atom is -0.0893 e. The van der Waals surface area contributed by atoms with Crippen LogP contribution in [0.25, 0.3) is 0 Å². The highest BCUT2D eigenvalue weighted by Gasteiger charge is 1.91. The molecule has 0 unspecified atom stereocenters. The second kappa shape index (κ2) is 3.00. The van der Waals surface area contributed by atoms with Gasteiger partial charge in [0.1, 0.15) is 23.5 Å². The quantitative estimate of drug-likeness (QED) is 0.362. The monoisotopic (exact) mass is 128 g/mol. The fourth-order valence-corrected chi connectivity index (χ4v) is 1.27. The maximum Gasteiger partial charge on any atom is 0.139 e. The Hall–Kier alpha value is -0.585. The van der Waals surface area contributed by atoms with E-state index in [4.69, 9.17) is 0 Å². The van der Waals surface area contributed by atoms with Crippen LogP contribution in [0.15, 0.2) is 18.2 Å². The maximum absolute atomic E-state index is 2.24. The molecule has 0 atom stereocenters. The third-order valence-corrected chi connectivity index (χ3v) is 1.69. The van der Waals surface area contributed by atoms with E-state index in [-0.39, 0.29) is 0 Å². The third kappa shape index (κ3) is 1.70. The molecule has 0 bridgehead atoms. The van der Waals surface area contributed by atoms with Gasteiger partial charge in [-0.05, 0) is 0 Å². The van der Waals surface area contributed by atoms with Crippen LogP contribution in [-0.2, 0) is 6.32 Å². The molecule has 10 heavy (non-hydrogen) atoms. The number of hydrogen-bond acceptors (Lipinski definition) is 0. The van der Waals surface area contributed by atoms with Crippen molar-refractivity contribution in [2.24, 2.45) is 0 Å². The van der Waals surface area contributed by atoms with Crippen molar-refractivity contribution >= 4 is 34.5 Å². The number of rotatable bonds is 1. The zero-order valence-corrected chi connectivity index (χ0v) is 6.94. The summed E-state index contributed by atoms with van der Waals surface area (Å²) in [6, 6.07) is 6.69. The van der Waals surface area contributed by atoms with E-state index in [1.54, 1.807) is 0 Å². The first-order chi connectivity index (χ1) is 4.72. The van der Waals surface area contributed by atoms with Gasteiger partial charge in [0.25, 0.3) is 0 Å². The standard InChI is InChI=1S/C7H11B3/c8-4-5-1-6(9)3-7(10)2-5/h1-3H,4,8-10H2. The van der Waals surface area contributed by atoms with Gasteiger partial charge >= 0.3 is 0 Å². The molecule has 0 saturated heterocycles. The highest BCUT2D eigenvalue weighted by atomic mass is 13.9. The molecule has 0 aliphatic rings. The Morgan fingerprint density at radius 3 is 1.90 bits per heavy atom. The van der Waals surface area contributed by atoms with E-state index in [1.807, 2.05) is 0 Å². The summed E-state index contributed by atoms with van der Waals surface area (Å²) in [6.45, 7) is 0. The summed E-state index contributed by atoms with van der Waals surface area (Å²) in [7, 11) is 6.48. The lowest BCUT2D eigenvalue weighted by Crippen LogP contribution is -2.14. The van der Waals surface area contributed by atoms with Crippen LogP contribution in [0.2, 0.25) is 0 Å². The van der Waals surface area contributed by atoms with Crippen LogP contribution in [0.3, 0.4) is 0 Å². The molecule has 3 heteroatoms. The minimum absolute atomic E-state index is 1.14. The van der Waals surface area contributed by atoms with Gasteiger partial charge in [-0.25, -0.2) is 0 Å². The van der Waals surface area contributed by atoms with Gasteiger partial charge < -0.3 is 0 Å². The summed E-state index contributed by atoms with van der Waals surface area (Å²) in [5.74, 6) is 0. The Morgan fingerprint density at radius 1 is 1.00 bits per heavy atom. The first-order valence-electron chi connectivity index (χ1n) is 3.79. The lowest BCUT2D eigenvalue weighted by Gasteiger charge is -2.00. The highest BCUT2D eigenvalue weighted by molar-refractivity contribution is 6.38. The molecule has 1 aromatic rings. The molecular weight excluding hydrogens is 117 g/mol. The highest BCUT2D eigenvalue weighted by Crippen LogP contribution is 1.91. The Labute approximate surface area is 65.3 Å². The van der Waals surface area contributed by atoms with Crippen LogP contribution >= 0.6 is 0 Å². The van der Waals surface area contributed by atoms with Crippen LogP contribution in [0.4, 0.5) is 0 Å². The van der Waals surface area contributed by atoms with E-state index in [0.29, 0.717) is 0 Å². The smallest absolute Gasteiger partial charge is 0.0893 e. The third-order valence-electron chi connectivity index (χ3n) is 1.69. The molecule has 0 spiro atoms. The van der Waals surface area contributed by atoms with Crippen LogP contribution in [0.5, 0.6) is 0 Å². The fourth-order valence-electron chi connectivity index (χ4n) is 1.27. The Bertz CT molecular complexity index is 212. The van der Waals surface area contributed by atoms with Crippen molar-refractivity contribution in [2.75, 3.05) is 0 Å². The average molecular weight is 128 g/mol. The molecule has 0 radical (unpaired) electrons.